The Morgan fingerprint density at radius 2 is 2.09 bits per heavy atom. The SMILES string of the molecule is Cl.O=C(CCN1CCC(C(=O)O)C1)Nc1ccc2c(c1)OCO2. The minimum Gasteiger partial charge on any atom is -0.481 e. The predicted molar refractivity (Wildman–Crippen MR) is 85.2 cm³/mol. The van der Waals surface area contributed by atoms with E-state index in [4.69, 9.17) is 14.6 Å². The molecule has 2 aliphatic rings. The minimum atomic E-state index is -0.757. The maximum absolute atomic E-state index is 12.0. The number of hydrogen-bond acceptors (Lipinski definition) is 5. The maximum atomic E-state index is 12.0. The van der Waals surface area contributed by atoms with Gasteiger partial charge in [0.2, 0.25) is 12.7 Å². The number of likely N-dealkylation sites (tertiary alicyclic amines) is 1. The molecule has 0 bridgehead atoms. The highest BCUT2D eigenvalue weighted by Crippen LogP contribution is 2.34. The van der Waals surface area contributed by atoms with E-state index in [1.165, 1.54) is 0 Å². The van der Waals surface area contributed by atoms with Crippen molar-refractivity contribution in [1.82, 2.24) is 4.90 Å². The van der Waals surface area contributed by atoms with Gasteiger partial charge in [0.1, 0.15) is 0 Å². The van der Waals surface area contributed by atoms with Crippen molar-refractivity contribution < 1.29 is 24.2 Å². The lowest BCUT2D eigenvalue weighted by molar-refractivity contribution is -0.141. The molecule has 2 aliphatic heterocycles. The van der Waals surface area contributed by atoms with E-state index in [1.54, 1.807) is 18.2 Å². The van der Waals surface area contributed by atoms with Crippen molar-refractivity contribution in [1.29, 1.82) is 0 Å². The Hall–Kier alpha value is -1.99. The fourth-order valence-electron chi connectivity index (χ4n) is 2.69. The van der Waals surface area contributed by atoms with Crippen LogP contribution in [0.5, 0.6) is 11.5 Å². The first kappa shape index (κ1) is 17.4. The largest absolute Gasteiger partial charge is 0.481 e. The second-order valence-corrected chi connectivity index (χ2v) is 5.49. The molecule has 1 aromatic rings. The summed E-state index contributed by atoms with van der Waals surface area (Å²) in [6.45, 7) is 2.02. The number of halogens is 1. The van der Waals surface area contributed by atoms with Crippen molar-refractivity contribution in [2.24, 2.45) is 5.92 Å². The van der Waals surface area contributed by atoms with Crippen LogP contribution in [0.15, 0.2) is 18.2 Å². The third-order valence-corrected chi connectivity index (χ3v) is 3.93. The van der Waals surface area contributed by atoms with Crippen LogP contribution in [0.25, 0.3) is 0 Å². The zero-order valence-electron chi connectivity index (χ0n) is 12.5. The lowest BCUT2D eigenvalue weighted by atomic mass is 10.1. The molecule has 23 heavy (non-hydrogen) atoms. The summed E-state index contributed by atoms with van der Waals surface area (Å²) in [5.74, 6) is 0.137. The number of ether oxygens (including phenoxy) is 2. The van der Waals surface area contributed by atoms with E-state index >= 15 is 0 Å². The molecule has 1 saturated heterocycles. The molecule has 0 spiro atoms. The minimum absolute atomic E-state index is 0. The van der Waals surface area contributed by atoms with E-state index in [0.29, 0.717) is 43.1 Å². The van der Waals surface area contributed by atoms with Crippen LogP contribution in [0.2, 0.25) is 0 Å². The van der Waals surface area contributed by atoms with Gasteiger partial charge in [0, 0.05) is 31.3 Å². The Bertz CT molecular complexity index is 595. The van der Waals surface area contributed by atoms with E-state index in [0.717, 1.165) is 6.54 Å². The summed E-state index contributed by atoms with van der Waals surface area (Å²) in [6.07, 6.45) is 0.986. The number of nitrogens with one attached hydrogen (secondary N) is 1. The van der Waals surface area contributed by atoms with Crippen molar-refractivity contribution >= 4 is 30.0 Å². The van der Waals surface area contributed by atoms with Gasteiger partial charge in [0.25, 0.3) is 0 Å². The van der Waals surface area contributed by atoms with Gasteiger partial charge >= 0.3 is 5.97 Å². The fraction of sp³-hybridized carbons (Fsp3) is 0.467. The predicted octanol–water partition coefficient (Wildman–Crippen LogP) is 1.57. The van der Waals surface area contributed by atoms with Gasteiger partial charge in [0.15, 0.2) is 11.5 Å². The van der Waals surface area contributed by atoms with Gasteiger partial charge in [-0.2, -0.15) is 0 Å². The fourth-order valence-corrected chi connectivity index (χ4v) is 2.69. The number of hydrogen-bond donors (Lipinski definition) is 2. The second-order valence-electron chi connectivity index (χ2n) is 5.49. The molecular weight excluding hydrogens is 324 g/mol. The number of aliphatic carboxylic acids is 1. The van der Waals surface area contributed by atoms with E-state index in [1.807, 2.05) is 4.90 Å². The summed E-state index contributed by atoms with van der Waals surface area (Å²) >= 11 is 0. The van der Waals surface area contributed by atoms with Crippen LogP contribution in [0.4, 0.5) is 5.69 Å². The van der Waals surface area contributed by atoms with Gasteiger partial charge in [-0.25, -0.2) is 0 Å². The van der Waals surface area contributed by atoms with E-state index < -0.39 is 5.97 Å². The Kier molecular flexibility index (Phi) is 5.68. The van der Waals surface area contributed by atoms with Gasteiger partial charge in [-0.3, -0.25) is 9.59 Å². The Labute approximate surface area is 140 Å². The molecule has 0 aromatic heterocycles. The van der Waals surface area contributed by atoms with Crippen LogP contribution >= 0.6 is 12.4 Å². The molecule has 0 aliphatic carbocycles. The van der Waals surface area contributed by atoms with Crippen LogP contribution in [0.1, 0.15) is 12.8 Å². The highest BCUT2D eigenvalue weighted by Gasteiger charge is 2.27. The van der Waals surface area contributed by atoms with Crippen molar-refractivity contribution in [3.63, 3.8) is 0 Å². The average molecular weight is 343 g/mol. The van der Waals surface area contributed by atoms with Crippen molar-refractivity contribution in [3.05, 3.63) is 18.2 Å². The number of carbonyl (C=O) groups excluding carboxylic acids is 1. The van der Waals surface area contributed by atoms with Gasteiger partial charge in [-0.15, -0.1) is 12.4 Å². The molecule has 0 radical (unpaired) electrons. The standard InChI is InChI=1S/C15H18N2O5.ClH/c18-14(4-6-17-5-3-10(8-17)15(19)20)16-11-1-2-12-13(7-11)22-9-21-12;/h1-2,7,10H,3-6,8-9H2,(H,16,18)(H,19,20);1H. The van der Waals surface area contributed by atoms with Crippen LogP contribution in [-0.2, 0) is 9.59 Å². The first-order chi connectivity index (χ1) is 10.6. The average Bonchev–Trinajstić information content (AvgIpc) is 3.13. The molecule has 3 rings (SSSR count). The van der Waals surface area contributed by atoms with E-state index in [-0.39, 0.29) is 31.0 Å². The van der Waals surface area contributed by atoms with Gasteiger partial charge in [-0.1, -0.05) is 0 Å². The highest BCUT2D eigenvalue weighted by atomic mass is 35.5. The normalized spacial score (nSPS) is 19.2. The summed E-state index contributed by atoms with van der Waals surface area (Å²) in [7, 11) is 0. The molecule has 1 atom stereocenters. The molecule has 2 heterocycles. The third kappa shape index (κ3) is 4.27. The molecular formula is C15H19ClN2O5. The van der Waals surface area contributed by atoms with Crippen molar-refractivity contribution in [3.8, 4) is 11.5 Å². The summed E-state index contributed by atoms with van der Waals surface area (Å²) < 4.78 is 10.5. The quantitative estimate of drug-likeness (QED) is 0.844. The summed E-state index contributed by atoms with van der Waals surface area (Å²) in [5, 5.41) is 11.8. The molecule has 1 amide bonds. The molecule has 126 valence electrons. The Morgan fingerprint density at radius 1 is 1.30 bits per heavy atom. The van der Waals surface area contributed by atoms with Gasteiger partial charge < -0.3 is 24.8 Å². The molecule has 1 fully saturated rings. The summed E-state index contributed by atoms with van der Waals surface area (Å²) in [5.41, 5.74) is 0.666. The van der Waals surface area contributed by atoms with Crippen LogP contribution in [0.3, 0.4) is 0 Å². The Balaban J connectivity index is 0.00000192. The monoisotopic (exact) mass is 342 g/mol. The smallest absolute Gasteiger partial charge is 0.307 e. The number of rotatable bonds is 5. The number of benzene rings is 1. The molecule has 2 N–H and O–H groups in total. The van der Waals surface area contributed by atoms with E-state index in [9.17, 15) is 9.59 Å². The lowest BCUT2D eigenvalue weighted by Gasteiger charge is -2.14. The van der Waals surface area contributed by atoms with Gasteiger partial charge in [0.05, 0.1) is 5.92 Å². The number of anilines is 1. The topological polar surface area (TPSA) is 88.1 Å². The number of carboxylic acid groups (broad SMARTS) is 1. The maximum Gasteiger partial charge on any atom is 0.307 e. The number of amides is 1. The number of fused-ring (bicyclic) bond motifs is 1. The van der Waals surface area contributed by atoms with Crippen molar-refractivity contribution in [2.45, 2.75) is 12.8 Å². The zero-order valence-corrected chi connectivity index (χ0v) is 13.3. The molecule has 1 unspecified atom stereocenters. The van der Waals surface area contributed by atoms with Crippen LogP contribution in [0, 0.1) is 5.92 Å². The molecule has 1 aromatic carbocycles. The van der Waals surface area contributed by atoms with Crippen LogP contribution in [-0.4, -0.2) is 48.3 Å². The number of carbonyl (C=O) groups is 2. The van der Waals surface area contributed by atoms with E-state index in [2.05, 4.69) is 5.32 Å². The molecule has 7 nitrogen and oxygen atoms in total. The zero-order chi connectivity index (χ0) is 15.5. The lowest BCUT2D eigenvalue weighted by Crippen LogP contribution is -2.27. The van der Waals surface area contributed by atoms with Crippen LogP contribution < -0.4 is 14.8 Å². The Morgan fingerprint density at radius 3 is 2.83 bits per heavy atom. The second kappa shape index (κ2) is 7.52. The molecule has 0 saturated carbocycles. The number of carboxylic acids is 1. The first-order valence-corrected chi connectivity index (χ1v) is 7.26. The summed E-state index contributed by atoms with van der Waals surface area (Å²) in [6, 6.07) is 5.26. The first-order valence-electron chi connectivity index (χ1n) is 7.26. The van der Waals surface area contributed by atoms with Crippen molar-refractivity contribution in [2.75, 3.05) is 31.7 Å². The third-order valence-electron chi connectivity index (χ3n) is 3.93. The molecule has 8 heteroatoms. The summed E-state index contributed by atoms with van der Waals surface area (Å²) in [4.78, 5) is 24.9. The highest BCUT2D eigenvalue weighted by molar-refractivity contribution is 5.91. The van der Waals surface area contributed by atoms with Gasteiger partial charge in [-0.05, 0) is 25.1 Å². The number of nitrogens with zero attached hydrogens (tertiary/aromatic N) is 1.